The number of hydrogen-bond donors (Lipinski definition) is 2. The van der Waals surface area contributed by atoms with Crippen LogP contribution in [-0.4, -0.2) is 35.7 Å². The first-order valence-corrected chi connectivity index (χ1v) is 8.77. The lowest BCUT2D eigenvalue weighted by Gasteiger charge is -2.36. The normalized spacial score (nSPS) is 19.2. The first-order chi connectivity index (χ1) is 10.4. The van der Waals surface area contributed by atoms with Gasteiger partial charge in [-0.2, -0.15) is 0 Å². The Hall–Kier alpha value is -1.27. The Morgan fingerprint density at radius 2 is 2.27 bits per heavy atom. The predicted octanol–water partition coefficient (Wildman–Crippen LogP) is 3.21. The van der Waals surface area contributed by atoms with Gasteiger partial charge in [-0.1, -0.05) is 0 Å². The first kappa shape index (κ1) is 17.1. The second kappa shape index (κ2) is 7.33. The summed E-state index contributed by atoms with van der Waals surface area (Å²) in [4.78, 5) is 15.4. The quantitative estimate of drug-likeness (QED) is 0.892. The summed E-state index contributed by atoms with van der Waals surface area (Å²) in [5, 5.41) is 5.43. The first-order valence-electron chi connectivity index (χ1n) is 7.89. The van der Waals surface area contributed by atoms with E-state index in [1.165, 1.54) is 0 Å². The van der Waals surface area contributed by atoms with Crippen LogP contribution in [-0.2, 0) is 11.3 Å². The highest BCUT2D eigenvalue weighted by molar-refractivity contribution is 7.10. The number of nitrogens with one attached hydrogen (secondary N) is 1. The van der Waals surface area contributed by atoms with Gasteiger partial charge in [0.05, 0.1) is 0 Å². The highest BCUT2D eigenvalue weighted by atomic mass is 32.1. The van der Waals surface area contributed by atoms with E-state index in [1.807, 2.05) is 37.1 Å². The molecule has 0 bridgehead atoms. The molecule has 5 nitrogen and oxygen atoms in total. The fraction of sp³-hybridized carbons (Fsp3) is 0.688. The number of nitrogens with zero attached hydrogens (tertiary/aromatic N) is 1. The molecule has 0 aliphatic carbocycles. The average molecular weight is 325 g/mol. The van der Waals surface area contributed by atoms with Gasteiger partial charge >= 0.3 is 6.09 Å². The zero-order valence-corrected chi connectivity index (χ0v) is 14.5. The van der Waals surface area contributed by atoms with Crippen molar-refractivity contribution in [2.24, 2.45) is 0 Å². The van der Waals surface area contributed by atoms with Crippen molar-refractivity contribution in [3.05, 3.63) is 16.3 Å². The maximum absolute atomic E-state index is 12.3. The lowest BCUT2D eigenvalue weighted by atomic mass is 10.0. The zero-order chi connectivity index (χ0) is 16.2. The van der Waals surface area contributed by atoms with Crippen molar-refractivity contribution in [2.45, 2.75) is 58.2 Å². The van der Waals surface area contributed by atoms with E-state index in [0.717, 1.165) is 49.5 Å². The molecule has 1 aliphatic rings. The molecule has 1 aromatic heterocycles. The van der Waals surface area contributed by atoms with Crippen molar-refractivity contribution in [3.63, 3.8) is 0 Å². The number of nitrogen functional groups attached to an aromatic ring is 1. The van der Waals surface area contributed by atoms with Crippen LogP contribution in [0, 0.1) is 0 Å². The minimum Gasteiger partial charge on any atom is -0.444 e. The smallest absolute Gasteiger partial charge is 0.410 e. The number of anilines is 1. The Kier molecular flexibility index (Phi) is 5.69. The lowest BCUT2D eigenvalue weighted by molar-refractivity contribution is 0.00994. The number of carbonyl (C=O) groups is 1. The van der Waals surface area contributed by atoms with Crippen LogP contribution >= 0.6 is 11.3 Å². The van der Waals surface area contributed by atoms with E-state index in [2.05, 4.69) is 5.32 Å². The second-order valence-electron chi connectivity index (χ2n) is 6.75. The molecule has 3 N–H and O–H groups in total. The minimum absolute atomic E-state index is 0.199. The molecule has 1 atom stereocenters. The van der Waals surface area contributed by atoms with Crippen molar-refractivity contribution in [1.82, 2.24) is 10.2 Å². The number of hydrogen-bond acceptors (Lipinski definition) is 5. The van der Waals surface area contributed by atoms with Gasteiger partial charge in [0.1, 0.15) is 5.60 Å². The third-order valence-corrected chi connectivity index (χ3v) is 4.64. The third kappa shape index (κ3) is 4.88. The largest absolute Gasteiger partial charge is 0.444 e. The van der Waals surface area contributed by atoms with E-state index in [1.54, 1.807) is 11.3 Å². The molecule has 124 valence electrons. The summed E-state index contributed by atoms with van der Waals surface area (Å²) in [5.74, 6) is 0. The van der Waals surface area contributed by atoms with Crippen LogP contribution in [0.2, 0.25) is 0 Å². The van der Waals surface area contributed by atoms with Crippen LogP contribution in [0.25, 0.3) is 0 Å². The molecule has 6 heteroatoms. The number of carbonyl (C=O) groups excluding carboxylic acids is 1. The van der Waals surface area contributed by atoms with Gasteiger partial charge < -0.3 is 20.7 Å². The Morgan fingerprint density at radius 3 is 2.91 bits per heavy atom. The van der Waals surface area contributed by atoms with Crippen molar-refractivity contribution in [1.29, 1.82) is 0 Å². The van der Waals surface area contributed by atoms with Crippen LogP contribution in [0.1, 0.15) is 44.9 Å². The molecule has 0 spiro atoms. The molecule has 0 radical (unpaired) electrons. The summed E-state index contributed by atoms with van der Waals surface area (Å²) in [6.07, 6.45) is 3.03. The Balaban J connectivity index is 1.87. The number of amides is 1. The molecule has 2 rings (SSSR count). The summed E-state index contributed by atoms with van der Waals surface area (Å²) in [6.45, 7) is 8.02. The third-order valence-electron chi connectivity index (χ3n) is 3.70. The summed E-state index contributed by atoms with van der Waals surface area (Å²) >= 11 is 1.66. The number of thiophene rings is 1. The topological polar surface area (TPSA) is 67.6 Å². The van der Waals surface area contributed by atoms with Crippen molar-refractivity contribution >= 4 is 23.1 Å². The van der Waals surface area contributed by atoms with Crippen LogP contribution in [0.3, 0.4) is 0 Å². The Morgan fingerprint density at radius 1 is 1.50 bits per heavy atom. The van der Waals surface area contributed by atoms with E-state index in [4.69, 9.17) is 10.5 Å². The highest BCUT2D eigenvalue weighted by Gasteiger charge is 2.30. The molecular formula is C16H27N3O2S. The summed E-state index contributed by atoms with van der Waals surface area (Å²) < 4.78 is 5.52. The second-order valence-corrected chi connectivity index (χ2v) is 7.75. The van der Waals surface area contributed by atoms with E-state index >= 15 is 0 Å². The fourth-order valence-electron chi connectivity index (χ4n) is 2.62. The number of piperidine rings is 1. The standard InChI is InChI=1S/C16H27N3O2S/c1-16(2,3)21-15(20)19-8-5-4-6-12(19)10-18-11-14-13(17)7-9-22-14/h7,9,12,18H,4-6,8,10-11,17H2,1-3H3. The number of nitrogens with two attached hydrogens (primary N) is 1. The molecule has 22 heavy (non-hydrogen) atoms. The molecule has 0 saturated carbocycles. The van der Waals surface area contributed by atoms with Gasteiger partial charge in [-0.05, 0) is 51.5 Å². The van der Waals surface area contributed by atoms with Gasteiger partial charge in [-0.15, -0.1) is 11.3 Å². The Bertz CT molecular complexity index is 496. The van der Waals surface area contributed by atoms with Crippen molar-refractivity contribution < 1.29 is 9.53 Å². The maximum atomic E-state index is 12.3. The van der Waals surface area contributed by atoms with Gasteiger partial charge in [0, 0.05) is 36.2 Å². The van der Waals surface area contributed by atoms with Crippen molar-refractivity contribution in [3.8, 4) is 0 Å². The summed E-state index contributed by atoms with van der Waals surface area (Å²) in [6, 6.07) is 2.12. The van der Waals surface area contributed by atoms with Crippen LogP contribution in [0.5, 0.6) is 0 Å². The average Bonchev–Trinajstić information content (AvgIpc) is 2.83. The predicted molar refractivity (Wildman–Crippen MR) is 91.0 cm³/mol. The van der Waals surface area contributed by atoms with Gasteiger partial charge in [0.2, 0.25) is 0 Å². The lowest BCUT2D eigenvalue weighted by Crippen LogP contribution is -2.50. The zero-order valence-electron chi connectivity index (χ0n) is 13.7. The molecular weight excluding hydrogens is 298 g/mol. The van der Waals surface area contributed by atoms with Crippen LogP contribution in [0.4, 0.5) is 10.5 Å². The minimum atomic E-state index is -0.446. The number of likely N-dealkylation sites (tertiary alicyclic amines) is 1. The van der Waals surface area contributed by atoms with E-state index < -0.39 is 5.60 Å². The molecule has 1 fully saturated rings. The van der Waals surface area contributed by atoms with Crippen LogP contribution < -0.4 is 11.1 Å². The van der Waals surface area contributed by atoms with E-state index in [-0.39, 0.29) is 12.1 Å². The summed E-state index contributed by atoms with van der Waals surface area (Å²) in [5.41, 5.74) is 6.28. The molecule has 2 heterocycles. The molecule has 0 aromatic carbocycles. The van der Waals surface area contributed by atoms with Gasteiger partial charge in [-0.3, -0.25) is 0 Å². The van der Waals surface area contributed by atoms with E-state index in [9.17, 15) is 4.79 Å². The van der Waals surface area contributed by atoms with Crippen LogP contribution in [0.15, 0.2) is 11.4 Å². The highest BCUT2D eigenvalue weighted by Crippen LogP contribution is 2.21. The number of rotatable bonds is 4. The molecule has 1 saturated heterocycles. The van der Waals surface area contributed by atoms with Crippen molar-refractivity contribution in [2.75, 3.05) is 18.8 Å². The van der Waals surface area contributed by atoms with Gasteiger partial charge in [0.25, 0.3) is 0 Å². The molecule has 1 unspecified atom stereocenters. The van der Waals surface area contributed by atoms with Gasteiger partial charge in [-0.25, -0.2) is 4.79 Å². The monoisotopic (exact) mass is 325 g/mol. The van der Waals surface area contributed by atoms with Gasteiger partial charge in [0.15, 0.2) is 0 Å². The fourth-order valence-corrected chi connectivity index (χ4v) is 3.39. The molecule has 1 amide bonds. The summed E-state index contributed by atoms with van der Waals surface area (Å²) in [7, 11) is 0. The van der Waals surface area contributed by atoms with E-state index in [0.29, 0.717) is 0 Å². The SMILES string of the molecule is CC(C)(C)OC(=O)N1CCCCC1CNCc1sccc1N. The maximum Gasteiger partial charge on any atom is 0.410 e. The Labute approximate surface area is 136 Å². The molecule has 1 aromatic rings. The number of ether oxygens (including phenoxy) is 1. The molecule has 1 aliphatic heterocycles.